The molecule has 1 amide bonds. The predicted octanol–water partition coefficient (Wildman–Crippen LogP) is 1.74. The van der Waals surface area contributed by atoms with E-state index in [0.717, 1.165) is 16.9 Å². The predicted molar refractivity (Wildman–Crippen MR) is 121 cm³/mol. The number of aromatic nitrogens is 3. The van der Waals surface area contributed by atoms with E-state index in [-0.39, 0.29) is 18.6 Å². The summed E-state index contributed by atoms with van der Waals surface area (Å²) in [5.41, 5.74) is 4.01. The zero-order valence-corrected chi connectivity index (χ0v) is 18.4. The summed E-state index contributed by atoms with van der Waals surface area (Å²) in [6.45, 7) is 2.85. The summed E-state index contributed by atoms with van der Waals surface area (Å²) < 4.78 is 11.8. The van der Waals surface area contributed by atoms with Gasteiger partial charge in [0.15, 0.2) is 5.52 Å². The van der Waals surface area contributed by atoms with Crippen molar-refractivity contribution >= 4 is 22.6 Å². The smallest absolute Gasteiger partial charge is 0.251 e. The van der Waals surface area contributed by atoms with E-state index in [1.807, 2.05) is 49.3 Å². The van der Waals surface area contributed by atoms with Gasteiger partial charge in [-0.05, 0) is 25.1 Å². The topological polar surface area (TPSA) is 101 Å². The molecule has 3 heterocycles. The van der Waals surface area contributed by atoms with E-state index in [2.05, 4.69) is 9.97 Å². The molecule has 0 saturated carbocycles. The summed E-state index contributed by atoms with van der Waals surface area (Å²) >= 11 is 0. The second-order valence-electron chi connectivity index (χ2n) is 7.94. The fraction of sp³-hybridized carbons (Fsp3) is 0.391. The number of anilines is 1. The molecule has 168 valence electrons. The Hall–Kier alpha value is -3.30. The summed E-state index contributed by atoms with van der Waals surface area (Å²) in [7, 11) is 3.99. The van der Waals surface area contributed by atoms with Crippen LogP contribution in [0, 0.1) is 0 Å². The molecule has 3 aromatic rings. The molecule has 1 N–H and O–H groups in total. The molecular formula is C23H27N5O4. The van der Waals surface area contributed by atoms with Crippen LogP contribution in [-0.4, -0.2) is 83.5 Å². The number of hydrogen-bond donors (Lipinski definition) is 1. The van der Waals surface area contributed by atoms with E-state index < -0.39 is 6.10 Å². The first kappa shape index (κ1) is 21.9. The monoisotopic (exact) mass is 437 g/mol. The Morgan fingerprint density at radius 3 is 2.75 bits per heavy atom. The van der Waals surface area contributed by atoms with Crippen LogP contribution in [0.25, 0.3) is 22.3 Å². The van der Waals surface area contributed by atoms with Crippen LogP contribution in [-0.2, 0) is 9.53 Å². The molecule has 32 heavy (non-hydrogen) atoms. The third-order valence-corrected chi connectivity index (χ3v) is 5.32. The van der Waals surface area contributed by atoms with Crippen molar-refractivity contribution in [2.45, 2.75) is 19.1 Å². The van der Waals surface area contributed by atoms with Gasteiger partial charge in [0.25, 0.3) is 5.91 Å². The fourth-order valence-corrected chi connectivity index (χ4v) is 3.58. The van der Waals surface area contributed by atoms with Gasteiger partial charge in [0.1, 0.15) is 18.8 Å². The molecule has 1 aliphatic heterocycles. The van der Waals surface area contributed by atoms with Crippen LogP contribution in [0.15, 0.2) is 42.7 Å². The lowest BCUT2D eigenvalue weighted by molar-refractivity contribution is -0.147. The lowest BCUT2D eigenvalue weighted by atomic mass is 10.1. The maximum atomic E-state index is 12.1. The van der Waals surface area contributed by atoms with Gasteiger partial charge in [0.2, 0.25) is 5.88 Å². The van der Waals surface area contributed by atoms with E-state index in [1.165, 1.54) is 6.92 Å². The summed E-state index contributed by atoms with van der Waals surface area (Å²) in [6, 6.07) is 9.96. The van der Waals surface area contributed by atoms with Gasteiger partial charge in [-0.2, -0.15) is 0 Å². The van der Waals surface area contributed by atoms with E-state index in [0.29, 0.717) is 36.6 Å². The SMILES string of the molecule is C[C@H](O)C(=O)N1CCO[C@H](COc2nc(-c3ccc(N(C)C)cc3)cc3nccnc23)C1. The molecule has 2 atom stereocenters. The van der Waals surface area contributed by atoms with Gasteiger partial charge >= 0.3 is 0 Å². The van der Waals surface area contributed by atoms with Crippen LogP contribution in [0.3, 0.4) is 0 Å². The first-order valence-corrected chi connectivity index (χ1v) is 10.5. The Kier molecular flexibility index (Phi) is 6.48. The molecule has 0 spiro atoms. The number of nitrogens with zero attached hydrogens (tertiary/aromatic N) is 5. The van der Waals surface area contributed by atoms with Crippen molar-refractivity contribution in [2.24, 2.45) is 0 Å². The average Bonchev–Trinajstić information content (AvgIpc) is 2.82. The summed E-state index contributed by atoms with van der Waals surface area (Å²) in [6.07, 6.45) is 1.87. The first-order valence-electron chi connectivity index (χ1n) is 10.5. The number of aliphatic hydroxyl groups is 1. The second-order valence-corrected chi connectivity index (χ2v) is 7.94. The molecule has 0 unspecified atom stereocenters. The fourth-order valence-electron chi connectivity index (χ4n) is 3.58. The van der Waals surface area contributed by atoms with E-state index in [4.69, 9.17) is 14.5 Å². The zero-order chi connectivity index (χ0) is 22.7. The van der Waals surface area contributed by atoms with Crippen molar-refractivity contribution in [1.29, 1.82) is 0 Å². The zero-order valence-electron chi connectivity index (χ0n) is 18.4. The van der Waals surface area contributed by atoms with Crippen LogP contribution in [0.4, 0.5) is 5.69 Å². The second kappa shape index (κ2) is 9.46. The van der Waals surface area contributed by atoms with E-state index in [9.17, 15) is 9.90 Å². The normalized spacial score (nSPS) is 17.2. The minimum atomic E-state index is -1.04. The number of carbonyl (C=O) groups excluding carboxylic acids is 1. The number of benzene rings is 1. The van der Waals surface area contributed by atoms with E-state index >= 15 is 0 Å². The largest absolute Gasteiger partial charge is 0.473 e. The third-order valence-electron chi connectivity index (χ3n) is 5.32. The van der Waals surface area contributed by atoms with Crippen molar-refractivity contribution in [3.8, 4) is 17.1 Å². The number of amides is 1. The quantitative estimate of drug-likeness (QED) is 0.622. The maximum absolute atomic E-state index is 12.1. The lowest BCUT2D eigenvalue weighted by Crippen LogP contribution is -2.50. The van der Waals surface area contributed by atoms with Crippen molar-refractivity contribution < 1.29 is 19.4 Å². The van der Waals surface area contributed by atoms with Gasteiger partial charge in [-0.25, -0.2) is 9.97 Å². The first-order chi connectivity index (χ1) is 15.4. The molecule has 1 fully saturated rings. The van der Waals surface area contributed by atoms with Crippen molar-refractivity contribution in [2.75, 3.05) is 45.3 Å². The highest BCUT2D eigenvalue weighted by Gasteiger charge is 2.27. The Bertz CT molecular complexity index is 1090. The minimum Gasteiger partial charge on any atom is -0.473 e. The molecule has 0 bridgehead atoms. The molecule has 1 saturated heterocycles. The standard InChI is InChI=1S/C23H27N5O4/c1-15(29)23(30)28-10-11-31-18(13-28)14-32-22-21-20(24-8-9-25-21)12-19(26-22)16-4-6-17(7-5-16)27(2)3/h4-9,12,15,18,29H,10-11,13-14H2,1-3H3/t15-,18-/m0/s1. The molecule has 9 heteroatoms. The number of carbonyl (C=O) groups is 1. The average molecular weight is 438 g/mol. The highest BCUT2D eigenvalue weighted by molar-refractivity contribution is 5.83. The number of morpholine rings is 1. The molecule has 9 nitrogen and oxygen atoms in total. The van der Waals surface area contributed by atoms with E-state index in [1.54, 1.807) is 17.3 Å². The van der Waals surface area contributed by atoms with Gasteiger partial charge in [0.05, 0.1) is 24.4 Å². The Morgan fingerprint density at radius 1 is 1.28 bits per heavy atom. The highest BCUT2D eigenvalue weighted by atomic mass is 16.5. The Balaban J connectivity index is 1.56. The molecular weight excluding hydrogens is 410 g/mol. The maximum Gasteiger partial charge on any atom is 0.251 e. The summed E-state index contributed by atoms with van der Waals surface area (Å²) in [5.74, 6) is 0.0563. The van der Waals surface area contributed by atoms with Gasteiger partial charge in [0, 0.05) is 44.3 Å². The number of aliphatic hydroxyl groups excluding tert-OH is 1. The number of rotatable bonds is 6. The van der Waals surface area contributed by atoms with Crippen LogP contribution in [0.5, 0.6) is 5.88 Å². The molecule has 0 radical (unpaired) electrons. The number of hydrogen-bond acceptors (Lipinski definition) is 8. The third kappa shape index (κ3) is 4.79. The molecule has 1 aromatic carbocycles. The van der Waals surface area contributed by atoms with Gasteiger partial charge in [-0.1, -0.05) is 12.1 Å². The minimum absolute atomic E-state index is 0.200. The van der Waals surface area contributed by atoms with Crippen LogP contribution < -0.4 is 9.64 Å². The number of pyridine rings is 1. The summed E-state index contributed by atoms with van der Waals surface area (Å²) in [5, 5.41) is 9.58. The van der Waals surface area contributed by atoms with Crippen molar-refractivity contribution in [1.82, 2.24) is 19.9 Å². The molecule has 4 rings (SSSR count). The number of fused-ring (bicyclic) bond motifs is 1. The van der Waals surface area contributed by atoms with Crippen molar-refractivity contribution in [3.63, 3.8) is 0 Å². The lowest BCUT2D eigenvalue weighted by Gasteiger charge is -2.33. The van der Waals surface area contributed by atoms with Crippen LogP contribution >= 0.6 is 0 Å². The Morgan fingerprint density at radius 2 is 2.03 bits per heavy atom. The molecule has 0 aliphatic carbocycles. The van der Waals surface area contributed by atoms with Crippen LogP contribution in [0.2, 0.25) is 0 Å². The van der Waals surface area contributed by atoms with Gasteiger partial charge in [-0.3, -0.25) is 9.78 Å². The highest BCUT2D eigenvalue weighted by Crippen LogP contribution is 2.28. The Labute approximate surface area is 186 Å². The molecule has 1 aliphatic rings. The van der Waals surface area contributed by atoms with Crippen molar-refractivity contribution in [3.05, 3.63) is 42.7 Å². The molecule has 2 aromatic heterocycles. The van der Waals surface area contributed by atoms with Gasteiger partial charge in [-0.15, -0.1) is 0 Å². The number of ether oxygens (including phenoxy) is 2. The summed E-state index contributed by atoms with van der Waals surface area (Å²) in [4.78, 5) is 29.2. The van der Waals surface area contributed by atoms with Gasteiger partial charge < -0.3 is 24.4 Å². The van der Waals surface area contributed by atoms with Crippen LogP contribution in [0.1, 0.15) is 6.92 Å².